The highest BCUT2D eigenvalue weighted by Crippen LogP contribution is 2.29. The Morgan fingerprint density at radius 3 is 2.52 bits per heavy atom. The van der Waals surface area contributed by atoms with Crippen molar-refractivity contribution in [1.29, 1.82) is 0 Å². The molecule has 2 aromatic heterocycles. The number of pyridine rings is 2. The zero-order valence-electron chi connectivity index (χ0n) is 14.4. The fourth-order valence-electron chi connectivity index (χ4n) is 2.29. The Kier molecular flexibility index (Phi) is 6.74. The first-order valence-corrected chi connectivity index (χ1v) is 8.70. The zero-order valence-corrected chi connectivity index (χ0v) is 16.0. The summed E-state index contributed by atoms with van der Waals surface area (Å²) in [6.07, 6.45) is -2.85. The molecule has 0 aliphatic heterocycles. The Bertz CT molecular complexity index is 800. The SMILES string of the molecule is CCN(C(=O)c1ncc(F)cc1Br)[C@@H](C)COc1ccc(C(F)(F)F)cn1. The molecule has 0 saturated heterocycles. The summed E-state index contributed by atoms with van der Waals surface area (Å²) in [7, 11) is 0. The van der Waals surface area contributed by atoms with E-state index in [1.54, 1.807) is 13.8 Å². The number of amides is 1. The Morgan fingerprint density at radius 1 is 1.30 bits per heavy atom. The van der Waals surface area contributed by atoms with Crippen molar-refractivity contribution in [1.82, 2.24) is 14.9 Å². The van der Waals surface area contributed by atoms with E-state index in [0.717, 1.165) is 24.4 Å². The Morgan fingerprint density at radius 2 is 2.00 bits per heavy atom. The van der Waals surface area contributed by atoms with Gasteiger partial charge in [0.1, 0.15) is 18.1 Å². The van der Waals surface area contributed by atoms with Crippen LogP contribution in [0.15, 0.2) is 35.1 Å². The predicted octanol–water partition coefficient (Wildman–Crippen LogP) is 4.33. The Labute approximate surface area is 161 Å². The molecule has 0 saturated carbocycles. The molecular weight excluding hydrogens is 434 g/mol. The molecule has 10 heteroatoms. The molecule has 0 fully saturated rings. The molecule has 0 spiro atoms. The van der Waals surface area contributed by atoms with Crippen LogP contribution in [0, 0.1) is 5.82 Å². The number of halogens is 5. The van der Waals surface area contributed by atoms with Crippen LogP contribution in [-0.2, 0) is 6.18 Å². The number of carbonyl (C=O) groups excluding carboxylic acids is 1. The van der Waals surface area contributed by atoms with Crippen LogP contribution in [0.2, 0.25) is 0 Å². The first kappa shape index (κ1) is 21.1. The third-order valence-electron chi connectivity index (χ3n) is 3.68. The van der Waals surface area contributed by atoms with Gasteiger partial charge < -0.3 is 9.64 Å². The van der Waals surface area contributed by atoms with Crippen molar-refractivity contribution in [3.8, 4) is 5.88 Å². The highest BCUT2D eigenvalue weighted by atomic mass is 79.9. The zero-order chi connectivity index (χ0) is 20.2. The summed E-state index contributed by atoms with van der Waals surface area (Å²) in [6.45, 7) is 3.80. The third-order valence-corrected chi connectivity index (χ3v) is 4.28. The van der Waals surface area contributed by atoms with Crippen molar-refractivity contribution in [3.63, 3.8) is 0 Å². The van der Waals surface area contributed by atoms with Crippen LogP contribution in [0.25, 0.3) is 0 Å². The minimum absolute atomic E-state index is 0.0107. The van der Waals surface area contributed by atoms with Gasteiger partial charge in [-0.3, -0.25) is 4.79 Å². The van der Waals surface area contributed by atoms with Gasteiger partial charge in [-0.2, -0.15) is 13.2 Å². The molecule has 0 N–H and O–H groups in total. The lowest BCUT2D eigenvalue weighted by molar-refractivity contribution is -0.137. The highest BCUT2D eigenvalue weighted by molar-refractivity contribution is 9.10. The van der Waals surface area contributed by atoms with Gasteiger partial charge >= 0.3 is 6.18 Å². The van der Waals surface area contributed by atoms with E-state index in [9.17, 15) is 22.4 Å². The second-order valence-electron chi connectivity index (χ2n) is 5.62. The minimum Gasteiger partial charge on any atom is -0.475 e. The van der Waals surface area contributed by atoms with E-state index in [0.29, 0.717) is 12.7 Å². The fraction of sp³-hybridized carbons (Fsp3) is 0.353. The molecule has 0 radical (unpaired) electrons. The first-order chi connectivity index (χ1) is 12.6. The van der Waals surface area contributed by atoms with Gasteiger partial charge in [0.15, 0.2) is 0 Å². The van der Waals surface area contributed by atoms with Crippen LogP contribution >= 0.6 is 15.9 Å². The Balaban J connectivity index is 2.04. The second kappa shape index (κ2) is 8.64. The molecule has 2 heterocycles. The molecule has 0 aliphatic carbocycles. The molecule has 1 atom stereocenters. The number of carbonyl (C=O) groups is 1. The number of nitrogens with zero attached hydrogens (tertiary/aromatic N) is 3. The first-order valence-electron chi connectivity index (χ1n) is 7.91. The van der Waals surface area contributed by atoms with Crippen LogP contribution in [0.4, 0.5) is 17.6 Å². The van der Waals surface area contributed by atoms with Gasteiger partial charge in [0.2, 0.25) is 5.88 Å². The molecule has 27 heavy (non-hydrogen) atoms. The van der Waals surface area contributed by atoms with Crippen LogP contribution in [0.3, 0.4) is 0 Å². The number of likely N-dealkylation sites (N-methyl/N-ethyl adjacent to an activating group) is 1. The summed E-state index contributed by atoms with van der Waals surface area (Å²) < 4.78 is 56.4. The summed E-state index contributed by atoms with van der Waals surface area (Å²) >= 11 is 3.11. The van der Waals surface area contributed by atoms with E-state index in [2.05, 4.69) is 25.9 Å². The van der Waals surface area contributed by atoms with Crippen LogP contribution < -0.4 is 4.74 Å². The third kappa shape index (κ3) is 5.38. The molecule has 2 rings (SSSR count). The van der Waals surface area contributed by atoms with E-state index in [4.69, 9.17) is 4.74 Å². The Hall–Kier alpha value is -2.23. The molecule has 1 amide bonds. The monoisotopic (exact) mass is 449 g/mol. The van der Waals surface area contributed by atoms with Gasteiger partial charge in [0, 0.05) is 18.8 Å². The topological polar surface area (TPSA) is 55.3 Å². The number of rotatable bonds is 6. The summed E-state index contributed by atoms with van der Waals surface area (Å²) in [4.78, 5) is 21.5. The highest BCUT2D eigenvalue weighted by Gasteiger charge is 2.31. The average molecular weight is 450 g/mol. The average Bonchev–Trinajstić information content (AvgIpc) is 2.60. The van der Waals surface area contributed by atoms with Gasteiger partial charge in [-0.15, -0.1) is 0 Å². The number of hydrogen-bond acceptors (Lipinski definition) is 4. The quantitative estimate of drug-likeness (QED) is 0.616. The largest absolute Gasteiger partial charge is 0.475 e. The molecule has 0 unspecified atom stereocenters. The summed E-state index contributed by atoms with van der Waals surface area (Å²) in [5, 5.41) is 0. The van der Waals surface area contributed by atoms with Crippen molar-refractivity contribution in [3.05, 3.63) is 52.1 Å². The van der Waals surface area contributed by atoms with Crippen molar-refractivity contribution in [2.45, 2.75) is 26.1 Å². The van der Waals surface area contributed by atoms with E-state index in [1.807, 2.05) is 0 Å². The molecule has 0 aromatic carbocycles. The maximum absolute atomic E-state index is 13.1. The van der Waals surface area contributed by atoms with E-state index < -0.39 is 29.5 Å². The normalized spacial score (nSPS) is 12.6. The summed E-state index contributed by atoms with van der Waals surface area (Å²) in [5.41, 5.74) is -0.821. The van der Waals surface area contributed by atoms with Gasteiger partial charge in [0.05, 0.1) is 22.3 Å². The molecule has 0 aliphatic rings. The standard InChI is InChI=1S/C17H16BrF4N3O2/c1-3-25(16(26)15-13(18)6-12(19)8-24-15)10(2)9-27-14-5-4-11(7-23-14)17(20,21)22/h4-8,10H,3,9H2,1-2H3/t10-/m0/s1. The smallest absolute Gasteiger partial charge is 0.417 e. The molecule has 146 valence electrons. The number of aromatic nitrogens is 2. The lowest BCUT2D eigenvalue weighted by Crippen LogP contribution is -2.42. The summed E-state index contributed by atoms with van der Waals surface area (Å²) in [5.74, 6) is -0.994. The number of ether oxygens (including phenoxy) is 1. The van der Waals surface area contributed by atoms with Crippen LogP contribution in [-0.4, -0.2) is 40.0 Å². The number of alkyl halides is 3. The molecule has 0 bridgehead atoms. The lowest BCUT2D eigenvalue weighted by Gasteiger charge is -2.27. The second-order valence-corrected chi connectivity index (χ2v) is 6.47. The van der Waals surface area contributed by atoms with Gasteiger partial charge in [-0.25, -0.2) is 14.4 Å². The summed E-state index contributed by atoms with van der Waals surface area (Å²) in [6, 6.07) is 2.70. The maximum atomic E-state index is 13.1. The lowest BCUT2D eigenvalue weighted by atomic mass is 10.2. The van der Waals surface area contributed by atoms with Gasteiger partial charge in [-0.1, -0.05) is 0 Å². The minimum atomic E-state index is -4.47. The molecule has 5 nitrogen and oxygen atoms in total. The molecular formula is C17H16BrF4N3O2. The van der Waals surface area contributed by atoms with E-state index in [-0.39, 0.29) is 22.7 Å². The van der Waals surface area contributed by atoms with Crippen molar-refractivity contribution in [2.75, 3.05) is 13.2 Å². The van der Waals surface area contributed by atoms with Crippen molar-refractivity contribution >= 4 is 21.8 Å². The van der Waals surface area contributed by atoms with Crippen molar-refractivity contribution < 1.29 is 27.1 Å². The van der Waals surface area contributed by atoms with E-state index in [1.165, 1.54) is 4.90 Å². The maximum Gasteiger partial charge on any atom is 0.417 e. The van der Waals surface area contributed by atoms with Crippen molar-refractivity contribution in [2.24, 2.45) is 0 Å². The van der Waals surface area contributed by atoms with Crippen LogP contribution in [0.5, 0.6) is 5.88 Å². The number of hydrogen-bond donors (Lipinski definition) is 0. The van der Waals surface area contributed by atoms with Gasteiger partial charge in [-0.05, 0) is 41.9 Å². The molecule has 2 aromatic rings. The van der Waals surface area contributed by atoms with Gasteiger partial charge in [0.25, 0.3) is 5.91 Å². The fourth-order valence-corrected chi connectivity index (χ4v) is 2.78. The predicted molar refractivity (Wildman–Crippen MR) is 92.8 cm³/mol. The van der Waals surface area contributed by atoms with E-state index >= 15 is 0 Å². The van der Waals surface area contributed by atoms with Crippen LogP contribution in [0.1, 0.15) is 29.9 Å².